The van der Waals surface area contributed by atoms with Crippen LogP contribution in [0.2, 0.25) is 0 Å². The van der Waals surface area contributed by atoms with Gasteiger partial charge in [-0.05, 0) is 42.7 Å². The minimum Gasteiger partial charge on any atom is -0.370 e. The molecule has 0 unspecified atom stereocenters. The second kappa shape index (κ2) is 5.27. The van der Waals surface area contributed by atoms with Crippen molar-refractivity contribution in [3.05, 3.63) is 24.0 Å². The van der Waals surface area contributed by atoms with Crippen LogP contribution in [0.25, 0.3) is 0 Å². The Morgan fingerprint density at radius 1 is 1.39 bits per heavy atom. The Labute approximate surface area is 110 Å². The van der Waals surface area contributed by atoms with E-state index >= 15 is 0 Å². The van der Waals surface area contributed by atoms with Gasteiger partial charge in [-0.25, -0.2) is 0 Å². The van der Waals surface area contributed by atoms with Gasteiger partial charge in [0.05, 0.1) is 11.9 Å². The van der Waals surface area contributed by atoms with E-state index in [-0.39, 0.29) is 0 Å². The van der Waals surface area contributed by atoms with Gasteiger partial charge in [-0.2, -0.15) is 0 Å². The van der Waals surface area contributed by atoms with Gasteiger partial charge in [-0.1, -0.05) is 13.8 Å². The highest BCUT2D eigenvalue weighted by Crippen LogP contribution is 2.37. The molecule has 0 spiro atoms. The van der Waals surface area contributed by atoms with E-state index in [2.05, 4.69) is 30.8 Å². The summed E-state index contributed by atoms with van der Waals surface area (Å²) in [4.78, 5) is 6.62. The van der Waals surface area contributed by atoms with Crippen LogP contribution in [-0.4, -0.2) is 18.1 Å². The molecule has 1 aliphatic rings. The van der Waals surface area contributed by atoms with Crippen LogP contribution < -0.4 is 10.6 Å². The first-order valence-electron chi connectivity index (χ1n) is 6.89. The highest BCUT2D eigenvalue weighted by molar-refractivity contribution is 5.51. The van der Waals surface area contributed by atoms with Crippen molar-refractivity contribution in [2.45, 2.75) is 52.1 Å². The average molecular weight is 247 g/mol. The molecular weight excluding hydrogens is 222 g/mol. The van der Waals surface area contributed by atoms with Gasteiger partial charge in [0.2, 0.25) is 0 Å². The van der Waals surface area contributed by atoms with Crippen molar-refractivity contribution in [3.63, 3.8) is 0 Å². The van der Waals surface area contributed by atoms with Crippen molar-refractivity contribution in [1.82, 2.24) is 4.98 Å². The molecular formula is C15H25N3. The molecule has 0 aliphatic heterocycles. The van der Waals surface area contributed by atoms with E-state index < -0.39 is 0 Å². The van der Waals surface area contributed by atoms with Crippen molar-refractivity contribution < 1.29 is 0 Å². The Bertz CT molecular complexity index is 390. The van der Waals surface area contributed by atoms with Gasteiger partial charge in [0.25, 0.3) is 0 Å². The molecule has 2 rings (SSSR count). The molecule has 0 amide bonds. The SMILES string of the molecule is CN(c1cnccc1CN)C1CCC(C)(C)CC1. The molecule has 1 aromatic heterocycles. The second-order valence-corrected chi connectivity index (χ2v) is 6.21. The molecule has 3 nitrogen and oxygen atoms in total. The molecule has 1 fully saturated rings. The Kier molecular flexibility index (Phi) is 3.91. The van der Waals surface area contributed by atoms with Gasteiger partial charge >= 0.3 is 0 Å². The van der Waals surface area contributed by atoms with Gasteiger partial charge in [0.1, 0.15) is 0 Å². The fourth-order valence-corrected chi connectivity index (χ4v) is 2.87. The number of hydrogen-bond acceptors (Lipinski definition) is 3. The topological polar surface area (TPSA) is 42.2 Å². The predicted molar refractivity (Wildman–Crippen MR) is 76.6 cm³/mol. The number of aromatic nitrogens is 1. The van der Waals surface area contributed by atoms with Crippen LogP contribution >= 0.6 is 0 Å². The highest BCUT2D eigenvalue weighted by atomic mass is 15.1. The molecule has 0 bridgehead atoms. The van der Waals surface area contributed by atoms with E-state index in [0.29, 0.717) is 18.0 Å². The Morgan fingerprint density at radius 2 is 2.06 bits per heavy atom. The van der Waals surface area contributed by atoms with Crippen molar-refractivity contribution in [2.24, 2.45) is 11.1 Å². The molecule has 0 radical (unpaired) electrons. The Balaban J connectivity index is 2.10. The number of anilines is 1. The van der Waals surface area contributed by atoms with Crippen molar-refractivity contribution in [2.75, 3.05) is 11.9 Å². The smallest absolute Gasteiger partial charge is 0.0598 e. The van der Waals surface area contributed by atoms with Crippen molar-refractivity contribution in [1.29, 1.82) is 0 Å². The zero-order valence-corrected chi connectivity index (χ0v) is 11.8. The van der Waals surface area contributed by atoms with Gasteiger partial charge in [0, 0.05) is 25.8 Å². The third-order valence-electron chi connectivity index (χ3n) is 4.34. The summed E-state index contributed by atoms with van der Waals surface area (Å²) in [6, 6.07) is 2.66. The van der Waals surface area contributed by atoms with Crippen LogP contribution in [0.5, 0.6) is 0 Å². The van der Waals surface area contributed by atoms with Gasteiger partial charge in [-0.3, -0.25) is 4.98 Å². The molecule has 0 aromatic carbocycles. The van der Waals surface area contributed by atoms with E-state index in [1.165, 1.54) is 36.9 Å². The van der Waals surface area contributed by atoms with E-state index in [1.54, 1.807) is 0 Å². The van der Waals surface area contributed by atoms with Crippen LogP contribution in [0, 0.1) is 5.41 Å². The van der Waals surface area contributed by atoms with Gasteiger partial charge in [-0.15, -0.1) is 0 Å². The van der Waals surface area contributed by atoms with Crippen LogP contribution in [0.4, 0.5) is 5.69 Å². The summed E-state index contributed by atoms with van der Waals surface area (Å²) < 4.78 is 0. The van der Waals surface area contributed by atoms with E-state index in [1.807, 2.05) is 18.5 Å². The second-order valence-electron chi connectivity index (χ2n) is 6.21. The maximum absolute atomic E-state index is 5.81. The fraction of sp³-hybridized carbons (Fsp3) is 0.667. The summed E-state index contributed by atoms with van der Waals surface area (Å²) in [6.07, 6.45) is 8.91. The molecule has 3 heteroatoms. The Morgan fingerprint density at radius 3 is 2.67 bits per heavy atom. The van der Waals surface area contributed by atoms with Crippen molar-refractivity contribution in [3.8, 4) is 0 Å². The van der Waals surface area contributed by atoms with E-state index in [0.717, 1.165) is 0 Å². The molecule has 1 aromatic rings. The first-order valence-corrected chi connectivity index (χ1v) is 6.89. The zero-order valence-electron chi connectivity index (χ0n) is 11.8. The summed E-state index contributed by atoms with van der Waals surface area (Å²) in [5, 5.41) is 0. The van der Waals surface area contributed by atoms with Gasteiger partial charge < -0.3 is 10.6 Å². The maximum atomic E-state index is 5.81. The molecule has 18 heavy (non-hydrogen) atoms. The lowest BCUT2D eigenvalue weighted by molar-refractivity contribution is 0.222. The standard InChI is InChI=1S/C15H25N3/c1-15(2)7-4-13(5-8-15)18(3)14-11-17-9-6-12(14)10-16/h6,9,11,13H,4-5,7-8,10,16H2,1-3H3. The average Bonchev–Trinajstić information content (AvgIpc) is 2.38. The molecule has 0 atom stereocenters. The first kappa shape index (κ1) is 13.3. The number of pyridine rings is 1. The van der Waals surface area contributed by atoms with Crippen LogP contribution in [0.1, 0.15) is 45.1 Å². The summed E-state index contributed by atoms with van der Waals surface area (Å²) >= 11 is 0. The minimum absolute atomic E-state index is 0.517. The molecule has 0 saturated heterocycles. The summed E-state index contributed by atoms with van der Waals surface area (Å²) in [5.41, 5.74) is 8.71. The molecule has 2 N–H and O–H groups in total. The van der Waals surface area contributed by atoms with Crippen LogP contribution in [0.15, 0.2) is 18.5 Å². The number of nitrogens with two attached hydrogens (primary N) is 1. The molecule has 1 aliphatic carbocycles. The number of nitrogens with zero attached hydrogens (tertiary/aromatic N) is 2. The molecule has 1 heterocycles. The van der Waals surface area contributed by atoms with E-state index in [4.69, 9.17) is 5.73 Å². The fourth-order valence-electron chi connectivity index (χ4n) is 2.87. The molecule has 100 valence electrons. The van der Waals surface area contributed by atoms with Crippen LogP contribution in [-0.2, 0) is 6.54 Å². The summed E-state index contributed by atoms with van der Waals surface area (Å²) in [7, 11) is 2.18. The third-order valence-corrected chi connectivity index (χ3v) is 4.34. The lowest BCUT2D eigenvalue weighted by atomic mass is 9.75. The summed E-state index contributed by atoms with van der Waals surface area (Å²) in [6.45, 7) is 5.33. The zero-order chi connectivity index (χ0) is 13.2. The third kappa shape index (κ3) is 2.83. The lowest BCUT2D eigenvalue weighted by Gasteiger charge is -2.40. The maximum Gasteiger partial charge on any atom is 0.0598 e. The Hall–Kier alpha value is -1.09. The largest absolute Gasteiger partial charge is 0.370 e. The number of rotatable bonds is 3. The quantitative estimate of drug-likeness (QED) is 0.893. The number of hydrogen-bond donors (Lipinski definition) is 1. The van der Waals surface area contributed by atoms with E-state index in [9.17, 15) is 0 Å². The monoisotopic (exact) mass is 247 g/mol. The summed E-state index contributed by atoms with van der Waals surface area (Å²) in [5.74, 6) is 0. The first-order chi connectivity index (χ1) is 8.53. The minimum atomic E-state index is 0.517. The highest BCUT2D eigenvalue weighted by Gasteiger charge is 2.29. The normalized spacial score (nSPS) is 19.8. The van der Waals surface area contributed by atoms with Gasteiger partial charge in [0.15, 0.2) is 0 Å². The van der Waals surface area contributed by atoms with Crippen LogP contribution in [0.3, 0.4) is 0 Å². The molecule has 1 saturated carbocycles. The van der Waals surface area contributed by atoms with Crippen molar-refractivity contribution >= 4 is 5.69 Å². The predicted octanol–water partition coefficient (Wildman–Crippen LogP) is 2.95. The lowest BCUT2D eigenvalue weighted by Crippen LogP contribution is -2.37.